The molecular formula is C31H35Cl2N3O6S. The Bertz CT molecular complexity index is 1550. The van der Waals surface area contributed by atoms with Gasteiger partial charge in [-0.25, -0.2) is 8.42 Å². The molecule has 3 aromatic carbocycles. The Hall–Kier alpha value is -3.47. The number of methoxy groups -OCH3 is 2. The smallest absolute Gasteiger partial charge is 0.264 e. The normalized spacial score (nSPS) is 14.2. The third kappa shape index (κ3) is 7.74. The first-order valence-electron chi connectivity index (χ1n) is 13.9. The lowest BCUT2D eigenvalue weighted by Gasteiger charge is -2.32. The fourth-order valence-electron chi connectivity index (χ4n) is 5.04. The van der Waals surface area contributed by atoms with E-state index in [2.05, 4.69) is 5.32 Å². The van der Waals surface area contributed by atoms with Crippen LogP contribution in [0.4, 0.5) is 5.69 Å². The van der Waals surface area contributed by atoms with Gasteiger partial charge in [0.1, 0.15) is 12.6 Å². The molecule has 9 nitrogen and oxygen atoms in total. The average molecular weight is 649 g/mol. The minimum absolute atomic E-state index is 0.00287. The van der Waals surface area contributed by atoms with Crippen molar-refractivity contribution in [2.24, 2.45) is 0 Å². The zero-order valence-corrected chi connectivity index (χ0v) is 26.6. The molecule has 4 rings (SSSR count). The quantitative estimate of drug-likeness (QED) is 0.271. The van der Waals surface area contributed by atoms with Crippen molar-refractivity contribution in [3.05, 3.63) is 82.3 Å². The molecular weight excluding hydrogens is 613 g/mol. The molecule has 43 heavy (non-hydrogen) atoms. The molecule has 0 heterocycles. The number of hydrogen-bond donors (Lipinski definition) is 1. The molecule has 0 unspecified atom stereocenters. The van der Waals surface area contributed by atoms with Crippen LogP contribution in [-0.4, -0.2) is 58.0 Å². The second-order valence-electron chi connectivity index (χ2n) is 10.3. The van der Waals surface area contributed by atoms with Gasteiger partial charge in [-0.05, 0) is 61.7 Å². The minimum Gasteiger partial charge on any atom is -0.493 e. The summed E-state index contributed by atoms with van der Waals surface area (Å²) in [6.07, 6.45) is 3.80. The van der Waals surface area contributed by atoms with Crippen LogP contribution in [-0.2, 0) is 26.2 Å². The predicted molar refractivity (Wildman–Crippen MR) is 167 cm³/mol. The number of nitrogens with one attached hydrogen (secondary N) is 1. The third-order valence-corrected chi connectivity index (χ3v) is 9.86. The van der Waals surface area contributed by atoms with Crippen LogP contribution < -0.4 is 19.1 Å². The van der Waals surface area contributed by atoms with Crippen LogP contribution in [0.15, 0.2) is 71.6 Å². The number of ether oxygens (including phenoxy) is 2. The first kappa shape index (κ1) is 32.4. The molecule has 0 radical (unpaired) electrons. The molecule has 3 aromatic rings. The third-order valence-electron chi connectivity index (χ3n) is 7.49. The van der Waals surface area contributed by atoms with E-state index in [1.807, 2.05) is 0 Å². The van der Waals surface area contributed by atoms with E-state index >= 15 is 0 Å². The molecule has 0 saturated heterocycles. The first-order chi connectivity index (χ1) is 20.5. The molecule has 0 aromatic heterocycles. The van der Waals surface area contributed by atoms with Crippen molar-refractivity contribution in [3.8, 4) is 11.5 Å². The molecule has 1 aliphatic rings. The number of anilines is 1. The standard InChI is InChI=1S/C31H35Cl2N3O6S/c1-21(31(38)34-24-9-7-8-10-24)35(19-22-13-14-23(32)17-27(22)33)30(37)20-36(43(39,40)26-11-5-4-6-12-26)25-15-16-28(41-2)29(18-25)42-3/h4-6,11-18,21,24H,7-10,19-20H2,1-3H3,(H,34,38)/t21-/m1/s1. The molecule has 1 aliphatic carbocycles. The summed E-state index contributed by atoms with van der Waals surface area (Å²) < 4.78 is 39.7. The van der Waals surface area contributed by atoms with Crippen LogP contribution in [0.3, 0.4) is 0 Å². The first-order valence-corrected chi connectivity index (χ1v) is 16.1. The number of rotatable bonds is 12. The number of sulfonamides is 1. The summed E-state index contributed by atoms with van der Waals surface area (Å²) in [7, 11) is -1.33. The fraction of sp³-hybridized carbons (Fsp3) is 0.355. The molecule has 2 amide bonds. The van der Waals surface area contributed by atoms with Crippen molar-refractivity contribution >= 4 is 50.7 Å². The molecule has 12 heteroatoms. The maximum Gasteiger partial charge on any atom is 0.264 e. The summed E-state index contributed by atoms with van der Waals surface area (Å²) in [4.78, 5) is 28.9. The van der Waals surface area contributed by atoms with Crippen LogP contribution in [0.5, 0.6) is 11.5 Å². The molecule has 0 spiro atoms. The summed E-state index contributed by atoms with van der Waals surface area (Å²) in [6, 6.07) is 16.4. The molecule has 1 fully saturated rings. The van der Waals surface area contributed by atoms with Gasteiger partial charge in [0, 0.05) is 28.7 Å². The van der Waals surface area contributed by atoms with Gasteiger partial charge in [-0.2, -0.15) is 0 Å². The summed E-state index contributed by atoms with van der Waals surface area (Å²) in [5, 5.41) is 3.79. The van der Waals surface area contributed by atoms with Gasteiger partial charge in [-0.3, -0.25) is 13.9 Å². The molecule has 0 bridgehead atoms. The topological polar surface area (TPSA) is 105 Å². The van der Waals surface area contributed by atoms with E-state index < -0.39 is 28.5 Å². The van der Waals surface area contributed by atoms with Crippen LogP contribution in [0.2, 0.25) is 10.0 Å². The number of benzene rings is 3. The Labute approximate surface area is 262 Å². The Morgan fingerprint density at radius 1 is 0.953 bits per heavy atom. The highest BCUT2D eigenvalue weighted by molar-refractivity contribution is 7.92. The van der Waals surface area contributed by atoms with Gasteiger partial charge >= 0.3 is 0 Å². The predicted octanol–water partition coefficient (Wildman–Crippen LogP) is 5.68. The van der Waals surface area contributed by atoms with Crippen LogP contribution in [0.25, 0.3) is 0 Å². The second-order valence-corrected chi connectivity index (χ2v) is 13.0. The Morgan fingerprint density at radius 2 is 1.63 bits per heavy atom. The number of carbonyl (C=O) groups is 2. The van der Waals surface area contributed by atoms with Crippen molar-refractivity contribution in [2.45, 2.75) is 56.1 Å². The monoisotopic (exact) mass is 647 g/mol. The van der Waals surface area contributed by atoms with Gasteiger partial charge < -0.3 is 19.7 Å². The summed E-state index contributed by atoms with van der Waals surface area (Å²) in [5.41, 5.74) is 0.742. The lowest BCUT2D eigenvalue weighted by Crippen LogP contribution is -2.52. The van der Waals surface area contributed by atoms with Gasteiger partial charge in [-0.15, -0.1) is 0 Å². The average Bonchev–Trinajstić information content (AvgIpc) is 3.52. The summed E-state index contributed by atoms with van der Waals surface area (Å²) in [6.45, 7) is 0.983. The van der Waals surface area contributed by atoms with E-state index in [1.165, 1.54) is 43.4 Å². The highest BCUT2D eigenvalue weighted by Crippen LogP contribution is 2.34. The van der Waals surface area contributed by atoms with E-state index in [-0.39, 0.29) is 34.8 Å². The lowest BCUT2D eigenvalue weighted by atomic mass is 10.1. The maximum absolute atomic E-state index is 14.2. The molecule has 1 atom stereocenters. The van der Waals surface area contributed by atoms with Crippen LogP contribution >= 0.6 is 23.2 Å². The fourth-order valence-corrected chi connectivity index (χ4v) is 6.93. The van der Waals surface area contributed by atoms with Crippen LogP contribution in [0.1, 0.15) is 38.2 Å². The zero-order valence-electron chi connectivity index (χ0n) is 24.3. The van der Waals surface area contributed by atoms with Crippen molar-refractivity contribution < 1.29 is 27.5 Å². The van der Waals surface area contributed by atoms with Crippen molar-refractivity contribution in [1.29, 1.82) is 0 Å². The largest absolute Gasteiger partial charge is 0.493 e. The Morgan fingerprint density at radius 3 is 2.26 bits per heavy atom. The number of carbonyl (C=O) groups excluding carboxylic acids is 2. The lowest BCUT2D eigenvalue weighted by molar-refractivity contribution is -0.139. The van der Waals surface area contributed by atoms with Crippen molar-refractivity contribution in [2.75, 3.05) is 25.1 Å². The van der Waals surface area contributed by atoms with E-state index in [9.17, 15) is 18.0 Å². The second kappa shape index (κ2) is 14.3. The molecule has 1 saturated carbocycles. The molecule has 0 aliphatic heterocycles. The van der Waals surface area contributed by atoms with Crippen molar-refractivity contribution in [1.82, 2.24) is 10.2 Å². The van der Waals surface area contributed by atoms with E-state index in [4.69, 9.17) is 32.7 Å². The van der Waals surface area contributed by atoms with Crippen molar-refractivity contribution in [3.63, 3.8) is 0 Å². The Balaban J connectivity index is 1.74. The Kier molecular flexibility index (Phi) is 10.8. The molecule has 1 N–H and O–H groups in total. The minimum atomic E-state index is -4.23. The number of nitrogens with zero attached hydrogens (tertiary/aromatic N) is 2. The van der Waals surface area contributed by atoms with Crippen LogP contribution in [0, 0.1) is 0 Å². The highest BCUT2D eigenvalue weighted by Gasteiger charge is 2.34. The summed E-state index contributed by atoms with van der Waals surface area (Å²) >= 11 is 12.6. The maximum atomic E-state index is 14.2. The molecule has 230 valence electrons. The van der Waals surface area contributed by atoms with Gasteiger partial charge in [0.15, 0.2) is 11.5 Å². The van der Waals surface area contributed by atoms with Gasteiger partial charge in [-0.1, -0.05) is 60.3 Å². The number of halogens is 2. The van der Waals surface area contributed by atoms with E-state index in [0.717, 1.165) is 30.0 Å². The number of hydrogen-bond acceptors (Lipinski definition) is 6. The highest BCUT2D eigenvalue weighted by atomic mass is 35.5. The SMILES string of the molecule is COc1ccc(N(CC(=O)N(Cc2ccc(Cl)cc2Cl)[C@H](C)C(=O)NC2CCCC2)S(=O)(=O)c2ccccc2)cc1OC. The van der Waals surface area contributed by atoms with Gasteiger partial charge in [0.05, 0.1) is 24.8 Å². The van der Waals surface area contributed by atoms with E-state index in [1.54, 1.807) is 49.4 Å². The summed E-state index contributed by atoms with van der Waals surface area (Å²) in [5.74, 6) is -0.246. The van der Waals surface area contributed by atoms with E-state index in [0.29, 0.717) is 21.4 Å². The number of amides is 2. The van der Waals surface area contributed by atoms with Gasteiger partial charge in [0.25, 0.3) is 10.0 Å². The zero-order chi connectivity index (χ0) is 31.1. The van der Waals surface area contributed by atoms with Gasteiger partial charge in [0.2, 0.25) is 11.8 Å².